The fourth-order valence-corrected chi connectivity index (χ4v) is 1.38. The van der Waals surface area contributed by atoms with Crippen LogP contribution in [-0.2, 0) is 9.53 Å². The standard InChI is InChI=1S/C8H14N2O4/c1-2-14-7(13)10-4-3-8(9,5-10)6(11)12/h2-5,9H2,1H3,(H,11,12). The number of likely N-dealkylation sites (tertiary alicyclic amines) is 1. The van der Waals surface area contributed by atoms with E-state index in [0.29, 0.717) is 6.54 Å². The third-order valence-electron chi connectivity index (χ3n) is 2.25. The van der Waals surface area contributed by atoms with Crippen LogP contribution in [0.5, 0.6) is 0 Å². The van der Waals surface area contributed by atoms with Gasteiger partial charge in [-0.05, 0) is 13.3 Å². The van der Waals surface area contributed by atoms with Gasteiger partial charge in [0.1, 0.15) is 5.54 Å². The molecule has 1 rings (SSSR count). The maximum Gasteiger partial charge on any atom is 0.409 e. The Morgan fingerprint density at radius 1 is 1.64 bits per heavy atom. The molecule has 0 spiro atoms. The number of rotatable bonds is 2. The third-order valence-corrected chi connectivity index (χ3v) is 2.25. The average molecular weight is 202 g/mol. The van der Waals surface area contributed by atoms with Crippen LogP contribution in [0.3, 0.4) is 0 Å². The molecule has 3 N–H and O–H groups in total. The normalized spacial score (nSPS) is 26.3. The number of nitrogens with two attached hydrogens (primary N) is 1. The second kappa shape index (κ2) is 3.83. The molecule has 0 aromatic carbocycles. The van der Waals surface area contributed by atoms with Gasteiger partial charge >= 0.3 is 12.1 Å². The monoisotopic (exact) mass is 202 g/mol. The van der Waals surface area contributed by atoms with Crippen molar-refractivity contribution in [3.05, 3.63) is 0 Å². The van der Waals surface area contributed by atoms with Crippen molar-refractivity contribution in [2.24, 2.45) is 5.73 Å². The van der Waals surface area contributed by atoms with Crippen molar-refractivity contribution in [3.8, 4) is 0 Å². The van der Waals surface area contributed by atoms with Gasteiger partial charge in [-0.25, -0.2) is 4.79 Å². The minimum atomic E-state index is -1.31. The number of amides is 1. The highest BCUT2D eigenvalue weighted by Gasteiger charge is 2.43. The topological polar surface area (TPSA) is 92.9 Å². The quantitative estimate of drug-likeness (QED) is 0.637. The van der Waals surface area contributed by atoms with Gasteiger partial charge in [0.15, 0.2) is 0 Å². The van der Waals surface area contributed by atoms with Crippen molar-refractivity contribution >= 4 is 12.1 Å². The van der Waals surface area contributed by atoms with E-state index in [1.54, 1.807) is 6.92 Å². The van der Waals surface area contributed by atoms with Crippen molar-refractivity contribution in [1.29, 1.82) is 0 Å². The van der Waals surface area contributed by atoms with Gasteiger partial charge < -0.3 is 20.5 Å². The molecule has 0 aromatic rings. The van der Waals surface area contributed by atoms with E-state index in [4.69, 9.17) is 15.6 Å². The first-order valence-electron chi connectivity index (χ1n) is 4.43. The number of aliphatic carboxylic acids is 1. The van der Waals surface area contributed by atoms with E-state index in [2.05, 4.69) is 0 Å². The second-order valence-electron chi connectivity index (χ2n) is 3.33. The van der Waals surface area contributed by atoms with Gasteiger partial charge in [0.25, 0.3) is 0 Å². The largest absolute Gasteiger partial charge is 0.480 e. The van der Waals surface area contributed by atoms with Crippen LogP contribution in [0.2, 0.25) is 0 Å². The molecule has 0 saturated carbocycles. The number of hydrogen-bond donors (Lipinski definition) is 2. The summed E-state index contributed by atoms with van der Waals surface area (Å²) >= 11 is 0. The van der Waals surface area contributed by atoms with Crippen molar-refractivity contribution in [3.63, 3.8) is 0 Å². The molecule has 80 valence electrons. The van der Waals surface area contributed by atoms with E-state index in [1.165, 1.54) is 4.90 Å². The summed E-state index contributed by atoms with van der Waals surface area (Å²) in [5.41, 5.74) is 4.26. The molecule has 1 saturated heterocycles. The number of carboxylic acid groups (broad SMARTS) is 1. The maximum absolute atomic E-state index is 11.2. The van der Waals surface area contributed by atoms with Gasteiger partial charge in [0.05, 0.1) is 13.2 Å². The Bertz CT molecular complexity index is 256. The fraction of sp³-hybridized carbons (Fsp3) is 0.750. The van der Waals surface area contributed by atoms with Crippen LogP contribution in [0.1, 0.15) is 13.3 Å². The van der Waals surface area contributed by atoms with Crippen molar-refractivity contribution in [1.82, 2.24) is 4.90 Å². The van der Waals surface area contributed by atoms with Crippen LogP contribution in [-0.4, -0.2) is 47.3 Å². The molecule has 0 aliphatic carbocycles. The molecule has 14 heavy (non-hydrogen) atoms. The molecule has 6 heteroatoms. The Kier molecular flexibility index (Phi) is 2.95. The van der Waals surface area contributed by atoms with E-state index in [0.717, 1.165) is 0 Å². The van der Waals surface area contributed by atoms with Gasteiger partial charge in [-0.1, -0.05) is 0 Å². The molecule has 1 amide bonds. The first-order valence-corrected chi connectivity index (χ1v) is 4.43. The predicted molar refractivity (Wildman–Crippen MR) is 47.8 cm³/mol. The summed E-state index contributed by atoms with van der Waals surface area (Å²) in [6.45, 7) is 2.32. The molecular formula is C8H14N2O4. The van der Waals surface area contributed by atoms with Gasteiger partial charge in [0.2, 0.25) is 0 Å². The average Bonchev–Trinajstić information content (AvgIpc) is 2.50. The molecule has 0 bridgehead atoms. The number of carboxylic acids is 1. The van der Waals surface area contributed by atoms with Crippen LogP contribution in [0.4, 0.5) is 4.79 Å². The van der Waals surface area contributed by atoms with Gasteiger partial charge in [-0.2, -0.15) is 0 Å². The molecule has 1 fully saturated rings. The molecule has 0 radical (unpaired) electrons. The zero-order valence-electron chi connectivity index (χ0n) is 8.02. The summed E-state index contributed by atoms with van der Waals surface area (Å²) in [4.78, 5) is 23.3. The fourth-order valence-electron chi connectivity index (χ4n) is 1.38. The number of hydrogen-bond acceptors (Lipinski definition) is 4. The van der Waals surface area contributed by atoms with Crippen LogP contribution in [0.15, 0.2) is 0 Å². The highest BCUT2D eigenvalue weighted by Crippen LogP contribution is 2.19. The van der Waals surface area contributed by atoms with Crippen molar-refractivity contribution in [2.45, 2.75) is 18.9 Å². The molecule has 1 atom stereocenters. The summed E-state index contributed by atoms with van der Waals surface area (Å²) in [5, 5.41) is 8.80. The molecule has 1 aliphatic rings. The minimum Gasteiger partial charge on any atom is -0.480 e. The Morgan fingerprint density at radius 2 is 2.29 bits per heavy atom. The molecule has 1 aliphatic heterocycles. The molecular weight excluding hydrogens is 188 g/mol. The van der Waals surface area contributed by atoms with Crippen LogP contribution in [0, 0.1) is 0 Å². The zero-order chi connectivity index (χ0) is 10.8. The Hall–Kier alpha value is -1.30. The van der Waals surface area contributed by atoms with E-state index in [9.17, 15) is 9.59 Å². The SMILES string of the molecule is CCOC(=O)N1CCC(N)(C(=O)O)C1. The van der Waals surface area contributed by atoms with Crippen LogP contribution >= 0.6 is 0 Å². The Balaban J connectivity index is 2.56. The van der Waals surface area contributed by atoms with Crippen molar-refractivity contribution in [2.75, 3.05) is 19.7 Å². The maximum atomic E-state index is 11.2. The lowest BCUT2D eigenvalue weighted by Gasteiger charge is -2.19. The second-order valence-corrected chi connectivity index (χ2v) is 3.33. The predicted octanol–water partition coefficient (Wildman–Crippen LogP) is -0.369. The molecule has 0 aromatic heterocycles. The van der Waals surface area contributed by atoms with E-state index in [1.807, 2.05) is 0 Å². The lowest BCUT2D eigenvalue weighted by Crippen LogP contribution is -2.50. The molecule has 1 heterocycles. The lowest BCUT2D eigenvalue weighted by molar-refractivity contribution is -0.142. The number of carbonyl (C=O) groups is 2. The Labute approximate surface area is 81.6 Å². The summed E-state index contributed by atoms with van der Waals surface area (Å²) in [7, 11) is 0. The molecule has 1 unspecified atom stereocenters. The van der Waals surface area contributed by atoms with E-state index in [-0.39, 0.29) is 19.6 Å². The number of nitrogens with zero attached hydrogens (tertiary/aromatic N) is 1. The summed E-state index contributed by atoms with van der Waals surface area (Å²) < 4.78 is 4.74. The number of ether oxygens (including phenoxy) is 1. The zero-order valence-corrected chi connectivity index (χ0v) is 8.02. The first-order chi connectivity index (χ1) is 6.49. The van der Waals surface area contributed by atoms with Gasteiger partial charge in [0, 0.05) is 6.54 Å². The minimum absolute atomic E-state index is 0.0150. The highest BCUT2D eigenvalue weighted by atomic mass is 16.6. The summed E-state index contributed by atoms with van der Waals surface area (Å²) in [6, 6.07) is 0. The molecule has 6 nitrogen and oxygen atoms in total. The third kappa shape index (κ3) is 1.95. The van der Waals surface area contributed by atoms with Gasteiger partial charge in [-0.15, -0.1) is 0 Å². The summed E-state index contributed by atoms with van der Waals surface area (Å²) in [5.74, 6) is -1.08. The smallest absolute Gasteiger partial charge is 0.409 e. The van der Waals surface area contributed by atoms with E-state index >= 15 is 0 Å². The summed E-state index contributed by atoms with van der Waals surface area (Å²) in [6.07, 6.45) is -0.234. The van der Waals surface area contributed by atoms with Gasteiger partial charge in [-0.3, -0.25) is 4.79 Å². The first kappa shape index (κ1) is 10.8. The van der Waals surface area contributed by atoms with Crippen LogP contribution in [0.25, 0.3) is 0 Å². The lowest BCUT2D eigenvalue weighted by atomic mass is 10.0. The highest BCUT2D eigenvalue weighted by molar-refractivity contribution is 5.81. The Morgan fingerprint density at radius 3 is 2.71 bits per heavy atom. The number of carbonyl (C=O) groups excluding carboxylic acids is 1. The van der Waals surface area contributed by atoms with Crippen LogP contribution < -0.4 is 5.73 Å². The van der Waals surface area contributed by atoms with E-state index < -0.39 is 17.6 Å². The van der Waals surface area contributed by atoms with Crippen molar-refractivity contribution < 1.29 is 19.4 Å².